The molecule has 1 fully saturated rings. The predicted molar refractivity (Wildman–Crippen MR) is 73.9 cm³/mol. The maximum Gasteiger partial charge on any atom is 0.310 e. The lowest BCUT2D eigenvalue weighted by molar-refractivity contribution is -0.146. The van der Waals surface area contributed by atoms with Gasteiger partial charge in [0.2, 0.25) is 5.91 Å². The van der Waals surface area contributed by atoms with Crippen molar-refractivity contribution < 1.29 is 14.3 Å². The van der Waals surface area contributed by atoms with E-state index in [1.165, 1.54) is 12.0 Å². The number of methoxy groups -OCH3 is 1. The monoisotopic (exact) mass is 281 g/mol. The highest BCUT2D eigenvalue weighted by Crippen LogP contribution is 2.25. The second-order valence-corrected chi connectivity index (χ2v) is 6.02. The van der Waals surface area contributed by atoms with Crippen molar-refractivity contribution in [1.29, 1.82) is 0 Å². The molecule has 0 aromatic carbocycles. The van der Waals surface area contributed by atoms with Crippen molar-refractivity contribution in [3.63, 3.8) is 0 Å². The summed E-state index contributed by atoms with van der Waals surface area (Å²) in [5, 5.41) is 2.02. The number of likely N-dealkylation sites (tertiary alicyclic amines) is 1. The van der Waals surface area contributed by atoms with Crippen molar-refractivity contribution in [3.8, 4) is 0 Å². The summed E-state index contributed by atoms with van der Waals surface area (Å²) in [4.78, 5) is 26.7. The van der Waals surface area contributed by atoms with E-state index in [4.69, 9.17) is 4.74 Å². The van der Waals surface area contributed by atoms with Gasteiger partial charge < -0.3 is 9.64 Å². The van der Waals surface area contributed by atoms with Crippen LogP contribution < -0.4 is 0 Å². The highest BCUT2D eigenvalue weighted by Gasteiger charge is 2.37. The van der Waals surface area contributed by atoms with Gasteiger partial charge in [-0.15, -0.1) is 11.3 Å². The van der Waals surface area contributed by atoms with Crippen LogP contribution in [0.4, 0.5) is 0 Å². The quantitative estimate of drug-likeness (QED) is 0.792. The molecule has 0 spiro atoms. The highest BCUT2D eigenvalue weighted by molar-refractivity contribution is 7.09. The van der Waals surface area contributed by atoms with E-state index in [0.29, 0.717) is 19.5 Å². The first kappa shape index (κ1) is 14.1. The number of aryl methyl sites for hydroxylation is 1. The molecule has 0 bridgehead atoms. The molecule has 19 heavy (non-hydrogen) atoms. The SMILES string of the molecule is COC(=O)C1CN(C(=O)CCc2cccs2)CC1C. The van der Waals surface area contributed by atoms with Crippen LogP contribution in [0.2, 0.25) is 0 Å². The number of esters is 1. The van der Waals surface area contributed by atoms with Crippen LogP contribution in [-0.4, -0.2) is 37.0 Å². The summed E-state index contributed by atoms with van der Waals surface area (Å²) in [6.45, 7) is 3.15. The van der Waals surface area contributed by atoms with Crippen LogP contribution in [-0.2, 0) is 20.7 Å². The Labute approximate surface area is 117 Å². The van der Waals surface area contributed by atoms with Gasteiger partial charge in [0.15, 0.2) is 0 Å². The molecule has 5 heteroatoms. The van der Waals surface area contributed by atoms with Crippen LogP contribution in [0, 0.1) is 11.8 Å². The topological polar surface area (TPSA) is 46.6 Å². The fourth-order valence-corrected chi connectivity index (χ4v) is 3.18. The third-order valence-electron chi connectivity index (χ3n) is 3.63. The molecule has 1 amide bonds. The molecule has 0 aliphatic carbocycles. The number of thiophene rings is 1. The molecule has 1 aromatic heterocycles. The molecule has 0 saturated carbocycles. The van der Waals surface area contributed by atoms with Crippen molar-refractivity contribution in [2.24, 2.45) is 11.8 Å². The molecule has 1 saturated heterocycles. The first-order valence-corrected chi connectivity index (χ1v) is 7.37. The number of hydrogen-bond donors (Lipinski definition) is 0. The number of hydrogen-bond acceptors (Lipinski definition) is 4. The van der Waals surface area contributed by atoms with Gasteiger partial charge in [0.25, 0.3) is 0 Å². The highest BCUT2D eigenvalue weighted by atomic mass is 32.1. The minimum absolute atomic E-state index is 0.131. The largest absolute Gasteiger partial charge is 0.469 e. The van der Waals surface area contributed by atoms with Crippen molar-refractivity contribution in [3.05, 3.63) is 22.4 Å². The fraction of sp³-hybridized carbons (Fsp3) is 0.571. The lowest BCUT2D eigenvalue weighted by atomic mass is 9.99. The van der Waals surface area contributed by atoms with Gasteiger partial charge in [-0.2, -0.15) is 0 Å². The Hall–Kier alpha value is -1.36. The molecule has 0 radical (unpaired) electrons. The second-order valence-electron chi connectivity index (χ2n) is 4.99. The lowest BCUT2D eigenvalue weighted by Gasteiger charge is -2.15. The van der Waals surface area contributed by atoms with E-state index in [1.54, 1.807) is 16.2 Å². The molecule has 1 aliphatic heterocycles. The Kier molecular flexibility index (Phi) is 4.58. The molecule has 104 valence electrons. The summed E-state index contributed by atoms with van der Waals surface area (Å²) in [6, 6.07) is 4.04. The van der Waals surface area contributed by atoms with Crippen LogP contribution in [0.5, 0.6) is 0 Å². The van der Waals surface area contributed by atoms with Crippen LogP contribution in [0.3, 0.4) is 0 Å². The van der Waals surface area contributed by atoms with Crippen molar-refractivity contribution in [2.45, 2.75) is 19.8 Å². The Morgan fingerprint density at radius 1 is 1.47 bits per heavy atom. The number of nitrogens with zero attached hydrogens (tertiary/aromatic N) is 1. The first-order chi connectivity index (χ1) is 9.11. The fourth-order valence-electron chi connectivity index (χ4n) is 2.47. The van der Waals surface area contributed by atoms with Crippen LogP contribution >= 0.6 is 11.3 Å². The first-order valence-electron chi connectivity index (χ1n) is 6.49. The van der Waals surface area contributed by atoms with Gasteiger partial charge in [0.05, 0.1) is 13.0 Å². The van der Waals surface area contributed by atoms with Gasteiger partial charge in [0.1, 0.15) is 0 Å². The zero-order chi connectivity index (χ0) is 13.8. The van der Waals surface area contributed by atoms with Crippen molar-refractivity contribution in [1.82, 2.24) is 4.90 Å². The van der Waals surface area contributed by atoms with Gasteiger partial charge in [0, 0.05) is 24.4 Å². The number of amides is 1. The summed E-state index contributed by atoms with van der Waals surface area (Å²) in [5.74, 6) is -0.0680. The third-order valence-corrected chi connectivity index (χ3v) is 4.57. The zero-order valence-electron chi connectivity index (χ0n) is 11.3. The van der Waals surface area contributed by atoms with Crippen LogP contribution in [0.25, 0.3) is 0 Å². The smallest absolute Gasteiger partial charge is 0.310 e. The van der Waals surface area contributed by atoms with Gasteiger partial charge in [-0.3, -0.25) is 9.59 Å². The summed E-state index contributed by atoms with van der Waals surface area (Å²) in [5.41, 5.74) is 0. The van der Waals surface area contributed by atoms with E-state index < -0.39 is 0 Å². The molecule has 2 atom stereocenters. The van der Waals surface area contributed by atoms with Crippen LogP contribution in [0.15, 0.2) is 17.5 Å². The molecule has 1 aromatic rings. The van der Waals surface area contributed by atoms with Gasteiger partial charge in [-0.1, -0.05) is 13.0 Å². The number of carbonyl (C=O) groups is 2. The summed E-state index contributed by atoms with van der Waals surface area (Å²) in [6.07, 6.45) is 1.30. The van der Waals surface area contributed by atoms with E-state index in [-0.39, 0.29) is 23.7 Å². The Bertz CT molecular complexity index is 444. The minimum atomic E-state index is -0.207. The molecule has 2 unspecified atom stereocenters. The maximum absolute atomic E-state index is 12.1. The van der Waals surface area contributed by atoms with E-state index >= 15 is 0 Å². The summed E-state index contributed by atoms with van der Waals surface area (Å²) in [7, 11) is 1.40. The lowest BCUT2D eigenvalue weighted by Crippen LogP contribution is -2.30. The van der Waals surface area contributed by atoms with Crippen molar-refractivity contribution >= 4 is 23.2 Å². The molecular formula is C14H19NO3S. The number of rotatable bonds is 4. The maximum atomic E-state index is 12.1. The Morgan fingerprint density at radius 2 is 2.26 bits per heavy atom. The molecule has 0 N–H and O–H groups in total. The Balaban J connectivity index is 1.85. The van der Waals surface area contributed by atoms with E-state index in [0.717, 1.165) is 6.42 Å². The average molecular weight is 281 g/mol. The summed E-state index contributed by atoms with van der Waals surface area (Å²) >= 11 is 1.67. The molecular weight excluding hydrogens is 262 g/mol. The van der Waals surface area contributed by atoms with Gasteiger partial charge in [-0.05, 0) is 23.8 Å². The second kappa shape index (κ2) is 6.19. The standard InChI is InChI=1S/C14H19NO3S/c1-10-8-15(9-12(10)14(17)18-2)13(16)6-5-11-4-3-7-19-11/h3-4,7,10,12H,5-6,8-9H2,1-2H3. The van der Waals surface area contributed by atoms with E-state index in [9.17, 15) is 9.59 Å². The molecule has 2 rings (SSSR count). The van der Waals surface area contributed by atoms with Crippen LogP contribution in [0.1, 0.15) is 18.2 Å². The van der Waals surface area contributed by atoms with E-state index in [1.807, 2.05) is 24.4 Å². The normalized spacial score (nSPS) is 22.5. The number of ether oxygens (including phenoxy) is 1. The van der Waals surface area contributed by atoms with E-state index in [2.05, 4.69) is 0 Å². The molecule has 4 nitrogen and oxygen atoms in total. The molecule has 1 aliphatic rings. The average Bonchev–Trinajstić information content (AvgIpc) is 3.04. The van der Waals surface area contributed by atoms with Gasteiger partial charge in [-0.25, -0.2) is 0 Å². The summed E-state index contributed by atoms with van der Waals surface area (Å²) < 4.78 is 4.78. The van der Waals surface area contributed by atoms with Crippen molar-refractivity contribution in [2.75, 3.05) is 20.2 Å². The zero-order valence-corrected chi connectivity index (χ0v) is 12.1. The Morgan fingerprint density at radius 3 is 2.89 bits per heavy atom. The van der Waals surface area contributed by atoms with Gasteiger partial charge >= 0.3 is 5.97 Å². The third kappa shape index (κ3) is 3.35. The number of carbonyl (C=O) groups excluding carboxylic acids is 2. The molecule has 2 heterocycles. The minimum Gasteiger partial charge on any atom is -0.469 e. The predicted octanol–water partition coefficient (Wildman–Crippen LogP) is 1.95.